The summed E-state index contributed by atoms with van der Waals surface area (Å²) in [4.78, 5) is 6.98. The number of nitrogens with one attached hydrogen (secondary N) is 1. The molecule has 1 aliphatic heterocycles. The van der Waals surface area contributed by atoms with Gasteiger partial charge in [-0.25, -0.2) is 0 Å². The predicted octanol–water partition coefficient (Wildman–Crippen LogP) is 2.57. The molecule has 3 N–H and O–H groups in total. The average Bonchev–Trinajstić information content (AvgIpc) is 2.42. The van der Waals surface area contributed by atoms with Crippen LogP contribution in [0.25, 0.3) is 0 Å². The second-order valence-corrected chi connectivity index (χ2v) is 6.27. The highest BCUT2D eigenvalue weighted by molar-refractivity contribution is 14.0. The van der Waals surface area contributed by atoms with Gasteiger partial charge in [0.05, 0.1) is 6.54 Å². The molecule has 1 aliphatic carbocycles. The molecule has 4 nitrogen and oxygen atoms in total. The lowest BCUT2D eigenvalue weighted by molar-refractivity contribution is 0.197. The zero-order chi connectivity index (χ0) is 13.5. The molecule has 20 heavy (non-hydrogen) atoms. The van der Waals surface area contributed by atoms with E-state index in [9.17, 15) is 0 Å². The van der Waals surface area contributed by atoms with Crippen molar-refractivity contribution < 1.29 is 0 Å². The van der Waals surface area contributed by atoms with Crippen molar-refractivity contribution in [2.24, 2.45) is 16.6 Å². The highest BCUT2D eigenvalue weighted by Crippen LogP contribution is 2.17. The Kier molecular flexibility index (Phi) is 8.84. The van der Waals surface area contributed by atoms with Crippen molar-refractivity contribution in [2.75, 3.05) is 26.2 Å². The molecule has 0 bridgehead atoms. The van der Waals surface area contributed by atoms with Gasteiger partial charge in [0.15, 0.2) is 5.96 Å². The smallest absolute Gasteiger partial charge is 0.188 e. The molecule has 0 aromatic rings. The maximum atomic E-state index is 5.96. The van der Waals surface area contributed by atoms with Gasteiger partial charge in [0.1, 0.15) is 0 Å². The third kappa shape index (κ3) is 6.61. The molecular formula is C15H31IN4. The van der Waals surface area contributed by atoms with Crippen molar-refractivity contribution in [3.63, 3.8) is 0 Å². The number of nitrogens with zero attached hydrogens (tertiary/aromatic N) is 2. The van der Waals surface area contributed by atoms with E-state index in [2.05, 4.69) is 22.1 Å². The minimum atomic E-state index is 0. The van der Waals surface area contributed by atoms with Gasteiger partial charge in [-0.15, -0.1) is 24.0 Å². The zero-order valence-corrected chi connectivity index (χ0v) is 15.1. The van der Waals surface area contributed by atoms with Crippen LogP contribution in [0.15, 0.2) is 4.99 Å². The summed E-state index contributed by atoms with van der Waals surface area (Å²) in [7, 11) is 0. The molecule has 1 saturated carbocycles. The van der Waals surface area contributed by atoms with Gasteiger partial charge in [-0.2, -0.15) is 0 Å². The Morgan fingerprint density at radius 1 is 1.15 bits per heavy atom. The van der Waals surface area contributed by atoms with E-state index in [1.165, 1.54) is 58.0 Å². The number of rotatable bonds is 4. The number of guanidine groups is 1. The summed E-state index contributed by atoms with van der Waals surface area (Å²) in [5.41, 5.74) is 5.96. The number of likely N-dealkylation sites (tertiary alicyclic amines) is 1. The number of hydrogen-bond donors (Lipinski definition) is 2. The van der Waals surface area contributed by atoms with Gasteiger partial charge in [0.2, 0.25) is 0 Å². The summed E-state index contributed by atoms with van der Waals surface area (Å²) in [5, 5.41) is 3.37. The third-order valence-electron chi connectivity index (χ3n) is 4.53. The molecule has 0 unspecified atom stereocenters. The zero-order valence-electron chi connectivity index (χ0n) is 12.8. The Morgan fingerprint density at radius 2 is 1.80 bits per heavy atom. The van der Waals surface area contributed by atoms with Crippen LogP contribution in [0.5, 0.6) is 0 Å². The first-order valence-corrected chi connectivity index (χ1v) is 8.03. The SMILES string of the molecule is CC1CCN(CCN=C(N)NC2CCCCC2)CC1.I. The van der Waals surface area contributed by atoms with Gasteiger partial charge >= 0.3 is 0 Å². The van der Waals surface area contributed by atoms with E-state index < -0.39 is 0 Å². The molecule has 0 aromatic heterocycles. The molecule has 2 rings (SSSR count). The number of halogens is 1. The standard InChI is InChI=1S/C15H30N4.HI/c1-13-7-10-19(11-8-13)12-9-17-15(16)18-14-5-3-2-4-6-14;/h13-14H,2-12H2,1H3,(H3,16,17,18);1H. The predicted molar refractivity (Wildman–Crippen MR) is 96.8 cm³/mol. The molecule has 0 atom stereocenters. The fourth-order valence-corrected chi connectivity index (χ4v) is 3.10. The lowest BCUT2D eigenvalue weighted by Gasteiger charge is -2.29. The van der Waals surface area contributed by atoms with E-state index in [-0.39, 0.29) is 24.0 Å². The molecule has 0 aromatic carbocycles. The lowest BCUT2D eigenvalue weighted by atomic mass is 9.96. The first-order chi connectivity index (χ1) is 9.24. The van der Waals surface area contributed by atoms with Gasteiger partial charge in [-0.05, 0) is 44.7 Å². The molecule has 118 valence electrons. The van der Waals surface area contributed by atoms with Crippen LogP contribution in [0.1, 0.15) is 51.9 Å². The molecule has 2 fully saturated rings. The fourth-order valence-electron chi connectivity index (χ4n) is 3.10. The van der Waals surface area contributed by atoms with Crippen LogP contribution in [-0.2, 0) is 0 Å². The Balaban J connectivity index is 0.00000200. The first kappa shape index (κ1) is 18.0. The Labute approximate surface area is 141 Å². The Hall–Kier alpha value is -0.0400. The van der Waals surface area contributed by atoms with Crippen LogP contribution in [0.2, 0.25) is 0 Å². The van der Waals surface area contributed by atoms with Crippen molar-refractivity contribution in [3.8, 4) is 0 Å². The normalized spacial score (nSPS) is 23.4. The second kappa shape index (κ2) is 9.82. The molecule has 1 saturated heterocycles. The van der Waals surface area contributed by atoms with Gasteiger partial charge in [0.25, 0.3) is 0 Å². The van der Waals surface area contributed by atoms with Gasteiger partial charge in [-0.1, -0.05) is 26.2 Å². The van der Waals surface area contributed by atoms with Crippen LogP contribution in [-0.4, -0.2) is 43.1 Å². The average molecular weight is 394 g/mol. The van der Waals surface area contributed by atoms with Crippen LogP contribution in [0, 0.1) is 5.92 Å². The molecular weight excluding hydrogens is 363 g/mol. The van der Waals surface area contributed by atoms with E-state index in [1.807, 2.05) is 0 Å². The monoisotopic (exact) mass is 394 g/mol. The van der Waals surface area contributed by atoms with E-state index in [0.29, 0.717) is 12.0 Å². The second-order valence-electron chi connectivity index (χ2n) is 6.27. The quantitative estimate of drug-likeness (QED) is 0.438. The Bertz CT molecular complexity index is 282. The summed E-state index contributed by atoms with van der Waals surface area (Å²) >= 11 is 0. The summed E-state index contributed by atoms with van der Waals surface area (Å²) in [6.07, 6.45) is 9.20. The Morgan fingerprint density at radius 3 is 2.45 bits per heavy atom. The molecule has 5 heteroatoms. The molecule has 0 radical (unpaired) electrons. The third-order valence-corrected chi connectivity index (χ3v) is 4.53. The van der Waals surface area contributed by atoms with Crippen molar-refractivity contribution in [3.05, 3.63) is 0 Å². The van der Waals surface area contributed by atoms with Crippen molar-refractivity contribution in [1.82, 2.24) is 10.2 Å². The molecule has 0 amide bonds. The molecule has 2 aliphatic rings. The van der Waals surface area contributed by atoms with Gasteiger partial charge in [0, 0.05) is 12.6 Å². The summed E-state index contributed by atoms with van der Waals surface area (Å²) < 4.78 is 0. The van der Waals surface area contributed by atoms with Crippen molar-refractivity contribution in [1.29, 1.82) is 0 Å². The highest BCUT2D eigenvalue weighted by atomic mass is 127. The maximum Gasteiger partial charge on any atom is 0.188 e. The van der Waals surface area contributed by atoms with Crippen LogP contribution >= 0.6 is 24.0 Å². The van der Waals surface area contributed by atoms with Crippen LogP contribution in [0.4, 0.5) is 0 Å². The lowest BCUT2D eigenvalue weighted by Crippen LogP contribution is -2.41. The maximum absolute atomic E-state index is 5.96. The fraction of sp³-hybridized carbons (Fsp3) is 0.933. The largest absolute Gasteiger partial charge is 0.370 e. The van der Waals surface area contributed by atoms with Gasteiger partial charge < -0.3 is 16.0 Å². The molecule has 1 heterocycles. The summed E-state index contributed by atoms with van der Waals surface area (Å²) in [6.45, 7) is 6.70. The number of hydrogen-bond acceptors (Lipinski definition) is 2. The van der Waals surface area contributed by atoms with E-state index >= 15 is 0 Å². The van der Waals surface area contributed by atoms with Gasteiger partial charge in [-0.3, -0.25) is 4.99 Å². The minimum Gasteiger partial charge on any atom is -0.370 e. The number of piperidine rings is 1. The van der Waals surface area contributed by atoms with Crippen LogP contribution < -0.4 is 11.1 Å². The van der Waals surface area contributed by atoms with Crippen molar-refractivity contribution in [2.45, 2.75) is 57.9 Å². The summed E-state index contributed by atoms with van der Waals surface area (Å²) in [5.74, 6) is 1.55. The highest BCUT2D eigenvalue weighted by Gasteiger charge is 2.15. The topological polar surface area (TPSA) is 53.6 Å². The number of aliphatic imine (C=N–C) groups is 1. The molecule has 0 spiro atoms. The number of nitrogens with two attached hydrogens (primary N) is 1. The first-order valence-electron chi connectivity index (χ1n) is 8.03. The minimum absolute atomic E-state index is 0. The van der Waals surface area contributed by atoms with E-state index in [1.54, 1.807) is 0 Å². The van der Waals surface area contributed by atoms with E-state index in [0.717, 1.165) is 19.0 Å². The summed E-state index contributed by atoms with van der Waals surface area (Å²) in [6, 6.07) is 0.563. The van der Waals surface area contributed by atoms with Crippen LogP contribution in [0.3, 0.4) is 0 Å². The van der Waals surface area contributed by atoms with E-state index in [4.69, 9.17) is 5.73 Å². The van der Waals surface area contributed by atoms with Crippen molar-refractivity contribution >= 4 is 29.9 Å².